The zero-order valence-electron chi connectivity index (χ0n) is 15.1. The quantitative estimate of drug-likeness (QED) is 0.591. The Kier molecular flexibility index (Phi) is 2.82. The first kappa shape index (κ1) is 15.6. The van der Waals surface area contributed by atoms with Crippen LogP contribution in [0.5, 0.6) is 0 Å². The number of hydrogen-bond acceptors (Lipinski definition) is 3. The van der Waals surface area contributed by atoms with Crippen molar-refractivity contribution in [1.82, 2.24) is 0 Å². The SMILES string of the molecule is CC(=O)[C@H]1C[C@H]2[C@H]3C(C(C)C)=CC[C@@]3(C(C)=O)[C@@H]1C21OC1(C)C. The van der Waals surface area contributed by atoms with Gasteiger partial charge in [0.05, 0.1) is 5.60 Å². The summed E-state index contributed by atoms with van der Waals surface area (Å²) in [5, 5.41) is 0. The lowest BCUT2D eigenvalue weighted by Gasteiger charge is -2.42. The summed E-state index contributed by atoms with van der Waals surface area (Å²) in [7, 11) is 0. The number of Topliss-reactive ketones (excluding diaryl/α,β-unsaturated/α-hetero) is 2. The Morgan fingerprint density at radius 2 is 1.87 bits per heavy atom. The molecule has 2 saturated carbocycles. The molecule has 0 aromatic rings. The van der Waals surface area contributed by atoms with Gasteiger partial charge in [0.2, 0.25) is 0 Å². The van der Waals surface area contributed by atoms with Crippen molar-refractivity contribution in [2.24, 2.45) is 35.0 Å². The molecule has 1 saturated heterocycles. The highest BCUT2D eigenvalue weighted by Crippen LogP contribution is 2.81. The molecule has 3 fully saturated rings. The topological polar surface area (TPSA) is 46.7 Å². The van der Waals surface area contributed by atoms with Crippen LogP contribution in [0, 0.1) is 35.0 Å². The van der Waals surface area contributed by atoms with Crippen molar-refractivity contribution >= 4 is 11.6 Å². The number of allylic oxidation sites excluding steroid dienone is 2. The lowest BCUT2D eigenvalue weighted by molar-refractivity contribution is -0.136. The molecule has 0 amide bonds. The van der Waals surface area contributed by atoms with Crippen molar-refractivity contribution in [3.63, 3.8) is 0 Å². The summed E-state index contributed by atoms with van der Waals surface area (Å²) in [6, 6.07) is 0. The van der Waals surface area contributed by atoms with Gasteiger partial charge in [-0.05, 0) is 58.3 Å². The second-order valence-corrected chi connectivity index (χ2v) is 9.08. The van der Waals surface area contributed by atoms with E-state index in [1.54, 1.807) is 13.8 Å². The first-order chi connectivity index (χ1) is 10.6. The normalized spacial score (nSPS) is 48.7. The number of fused-ring (bicyclic) bond motifs is 3. The Balaban J connectivity index is 1.90. The van der Waals surface area contributed by atoms with E-state index in [-0.39, 0.29) is 40.5 Å². The fourth-order valence-electron chi connectivity index (χ4n) is 6.92. The van der Waals surface area contributed by atoms with Gasteiger partial charge in [-0.15, -0.1) is 0 Å². The number of carbonyl (C=O) groups is 2. The second kappa shape index (κ2) is 4.17. The van der Waals surface area contributed by atoms with Crippen LogP contribution >= 0.6 is 0 Å². The van der Waals surface area contributed by atoms with Crippen LogP contribution < -0.4 is 0 Å². The summed E-state index contributed by atoms with van der Waals surface area (Å²) in [6.07, 6.45) is 4.00. The predicted molar refractivity (Wildman–Crippen MR) is 87.8 cm³/mol. The Bertz CT molecular complexity index is 643. The minimum absolute atomic E-state index is 0.0122. The van der Waals surface area contributed by atoms with E-state index in [0.29, 0.717) is 11.8 Å². The van der Waals surface area contributed by atoms with Crippen LogP contribution in [-0.2, 0) is 14.3 Å². The third-order valence-electron chi connectivity index (χ3n) is 7.64. The van der Waals surface area contributed by atoms with E-state index in [1.807, 2.05) is 0 Å². The minimum Gasteiger partial charge on any atom is -0.362 e. The van der Waals surface area contributed by atoms with Crippen molar-refractivity contribution in [3.05, 3.63) is 11.6 Å². The molecule has 1 aliphatic heterocycles. The molecule has 0 aromatic heterocycles. The van der Waals surface area contributed by atoms with Gasteiger partial charge in [0.1, 0.15) is 17.2 Å². The van der Waals surface area contributed by atoms with Crippen molar-refractivity contribution in [2.45, 2.75) is 65.6 Å². The van der Waals surface area contributed by atoms with Gasteiger partial charge in [-0.1, -0.05) is 25.5 Å². The van der Waals surface area contributed by atoms with Gasteiger partial charge >= 0.3 is 0 Å². The van der Waals surface area contributed by atoms with E-state index in [4.69, 9.17) is 4.74 Å². The Labute approximate surface area is 138 Å². The first-order valence-corrected chi connectivity index (χ1v) is 9.03. The monoisotopic (exact) mass is 316 g/mol. The highest BCUT2D eigenvalue weighted by molar-refractivity contribution is 5.89. The fourth-order valence-corrected chi connectivity index (χ4v) is 6.92. The van der Waals surface area contributed by atoms with Crippen LogP contribution in [0.3, 0.4) is 0 Å². The molecule has 23 heavy (non-hydrogen) atoms. The van der Waals surface area contributed by atoms with Gasteiger partial charge in [0, 0.05) is 17.3 Å². The molecule has 1 heterocycles. The van der Waals surface area contributed by atoms with Gasteiger partial charge < -0.3 is 4.74 Å². The summed E-state index contributed by atoms with van der Waals surface area (Å²) in [4.78, 5) is 25.2. The second-order valence-electron chi connectivity index (χ2n) is 9.08. The lowest BCUT2D eigenvalue weighted by Crippen LogP contribution is -2.46. The summed E-state index contributed by atoms with van der Waals surface area (Å²) in [5.74, 6) is 1.59. The van der Waals surface area contributed by atoms with Crippen molar-refractivity contribution in [1.29, 1.82) is 0 Å². The first-order valence-electron chi connectivity index (χ1n) is 9.03. The summed E-state index contributed by atoms with van der Waals surface area (Å²) in [6.45, 7) is 12.2. The van der Waals surface area contributed by atoms with Crippen LogP contribution in [0.1, 0.15) is 54.4 Å². The predicted octanol–water partition coefficient (Wildman–Crippen LogP) is 3.57. The van der Waals surface area contributed by atoms with Gasteiger partial charge in [-0.2, -0.15) is 0 Å². The number of ketones is 2. The van der Waals surface area contributed by atoms with Crippen LogP contribution in [0.15, 0.2) is 11.6 Å². The molecule has 0 radical (unpaired) electrons. The van der Waals surface area contributed by atoms with E-state index in [9.17, 15) is 9.59 Å². The fraction of sp³-hybridized carbons (Fsp3) is 0.800. The molecule has 4 rings (SSSR count). The van der Waals surface area contributed by atoms with Crippen molar-refractivity contribution in [3.8, 4) is 0 Å². The molecule has 0 N–H and O–H groups in total. The molecule has 1 spiro atoms. The molecule has 3 aliphatic carbocycles. The van der Waals surface area contributed by atoms with E-state index in [0.717, 1.165) is 12.8 Å². The minimum atomic E-state index is -0.396. The van der Waals surface area contributed by atoms with Gasteiger partial charge in [0.15, 0.2) is 0 Å². The molecule has 6 atom stereocenters. The van der Waals surface area contributed by atoms with Crippen molar-refractivity contribution in [2.75, 3.05) is 0 Å². The standard InChI is InChI=1S/C20H28O3/c1-10(2)13-7-8-19(12(4)22)16(13)15-9-14(11(3)21)17(19)20(15)18(5,6)23-20/h7,10,14-17H,8-9H2,1-6H3/t14-,15+,16-,17-,19+,20?/m1/s1. The van der Waals surface area contributed by atoms with Gasteiger partial charge in [-0.3, -0.25) is 9.59 Å². The van der Waals surface area contributed by atoms with E-state index in [1.165, 1.54) is 5.57 Å². The molecule has 126 valence electrons. The molecule has 1 unspecified atom stereocenters. The van der Waals surface area contributed by atoms with Gasteiger partial charge in [0.25, 0.3) is 0 Å². The van der Waals surface area contributed by atoms with E-state index in [2.05, 4.69) is 33.8 Å². The third-order valence-corrected chi connectivity index (χ3v) is 7.64. The highest BCUT2D eigenvalue weighted by Gasteiger charge is 2.87. The average molecular weight is 316 g/mol. The van der Waals surface area contributed by atoms with Crippen LogP contribution in [0.25, 0.3) is 0 Å². The lowest BCUT2D eigenvalue weighted by atomic mass is 9.59. The average Bonchev–Trinajstić information content (AvgIpc) is 2.80. The van der Waals surface area contributed by atoms with Crippen LogP contribution in [0.4, 0.5) is 0 Å². The number of epoxide rings is 1. The number of ether oxygens (including phenoxy) is 1. The Morgan fingerprint density at radius 1 is 1.26 bits per heavy atom. The van der Waals surface area contributed by atoms with Gasteiger partial charge in [-0.25, -0.2) is 0 Å². The molecule has 4 aliphatic rings. The number of hydrogen-bond donors (Lipinski definition) is 0. The summed E-state index contributed by atoms with van der Waals surface area (Å²) in [5.41, 5.74) is 0.572. The molecule has 3 heteroatoms. The zero-order chi connectivity index (χ0) is 16.9. The third kappa shape index (κ3) is 1.47. The van der Waals surface area contributed by atoms with E-state index >= 15 is 0 Å². The van der Waals surface area contributed by atoms with Crippen LogP contribution in [-0.4, -0.2) is 22.8 Å². The summed E-state index contributed by atoms with van der Waals surface area (Å²) < 4.78 is 6.33. The molecule has 3 nitrogen and oxygen atoms in total. The van der Waals surface area contributed by atoms with Crippen LogP contribution in [0.2, 0.25) is 0 Å². The van der Waals surface area contributed by atoms with Crippen molar-refractivity contribution < 1.29 is 14.3 Å². The molecule has 2 bridgehead atoms. The summed E-state index contributed by atoms with van der Waals surface area (Å²) >= 11 is 0. The number of rotatable bonds is 3. The van der Waals surface area contributed by atoms with E-state index < -0.39 is 5.41 Å². The maximum absolute atomic E-state index is 12.9. The maximum atomic E-state index is 12.9. The number of carbonyl (C=O) groups excluding carboxylic acids is 2. The smallest absolute Gasteiger partial charge is 0.137 e. The Hall–Kier alpha value is -0.960. The largest absolute Gasteiger partial charge is 0.362 e. The molecule has 0 aromatic carbocycles. The maximum Gasteiger partial charge on any atom is 0.137 e. The molecular weight excluding hydrogens is 288 g/mol. The Morgan fingerprint density at radius 3 is 2.30 bits per heavy atom. The zero-order valence-corrected chi connectivity index (χ0v) is 15.1. The highest BCUT2D eigenvalue weighted by atomic mass is 16.6. The molecular formula is C20H28O3.